The fraction of sp³-hybridized carbons (Fsp3) is 0.444. The maximum absolute atomic E-state index is 13.8. The molecule has 206 valence electrons. The van der Waals surface area contributed by atoms with Gasteiger partial charge in [-0.15, -0.1) is 0 Å². The number of carbonyl (C=O) groups excluding carboxylic acids is 2. The second kappa shape index (κ2) is 10.7. The lowest BCUT2D eigenvalue weighted by Gasteiger charge is -2.49. The largest absolute Gasteiger partial charge is 0.434 e. The molecule has 0 saturated carbocycles. The van der Waals surface area contributed by atoms with Gasteiger partial charge in [0, 0.05) is 56.5 Å². The Morgan fingerprint density at radius 3 is 2.67 bits per heavy atom. The number of nitrogens with one attached hydrogen (secondary N) is 1. The number of ether oxygens (including phenoxy) is 1. The summed E-state index contributed by atoms with van der Waals surface area (Å²) < 4.78 is 34.2. The van der Waals surface area contributed by atoms with Gasteiger partial charge in [-0.3, -0.25) is 19.2 Å². The zero-order chi connectivity index (χ0) is 27.7. The van der Waals surface area contributed by atoms with Crippen molar-refractivity contribution in [2.45, 2.75) is 51.7 Å². The van der Waals surface area contributed by atoms with E-state index in [4.69, 9.17) is 4.74 Å². The third kappa shape index (κ3) is 5.75. The summed E-state index contributed by atoms with van der Waals surface area (Å²) in [6.07, 6.45) is 5.79. The summed E-state index contributed by atoms with van der Waals surface area (Å²) in [5, 5.41) is 7.05. The molecule has 2 aliphatic heterocycles. The Balaban J connectivity index is 1.16. The molecule has 1 saturated heterocycles. The van der Waals surface area contributed by atoms with Crippen LogP contribution in [-0.4, -0.2) is 72.6 Å². The number of halogens is 2. The van der Waals surface area contributed by atoms with Gasteiger partial charge in [0.15, 0.2) is 17.4 Å². The molecular formula is C27H31F2N7O3. The van der Waals surface area contributed by atoms with E-state index in [9.17, 15) is 18.4 Å². The molecule has 2 amide bonds. The summed E-state index contributed by atoms with van der Waals surface area (Å²) in [6, 6.07) is 4.44. The molecule has 3 aromatic rings. The number of hydrogen-bond acceptors (Lipinski definition) is 7. The van der Waals surface area contributed by atoms with Crippen LogP contribution >= 0.6 is 0 Å². The van der Waals surface area contributed by atoms with E-state index in [1.807, 2.05) is 36.4 Å². The Labute approximate surface area is 225 Å². The first kappa shape index (κ1) is 26.7. The van der Waals surface area contributed by atoms with E-state index in [1.54, 1.807) is 6.20 Å². The highest BCUT2D eigenvalue weighted by Crippen LogP contribution is 2.29. The van der Waals surface area contributed by atoms with E-state index < -0.39 is 23.2 Å². The molecule has 5 rings (SSSR count). The number of benzene rings is 1. The Morgan fingerprint density at radius 2 is 1.95 bits per heavy atom. The van der Waals surface area contributed by atoms with Crippen LogP contribution in [0.15, 0.2) is 42.9 Å². The quantitative estimate of drug-likeness (QED) is 0.513. The topological polar surface area (TPSA) is 105 Å². The van der Waals surface area contributed by atoms with Gasteiger partial charge in [-0.25, -0.2) is 18.7 Å². The number of hydrogen-bond donors (Lipinski definition) is 1. The van der Waals surface area contributed by atoms with E-state index in [0.29, 0.717) is 32.1 Å². The molecule has 0 aliphatic carbocycles. The summed E-state index contributed by atoms with van der Waals surface area (Å²) in [6.45, 7) is 8.26. The molecule has 39 heavy (non-hydrogen) atoms. The number of aromatic nitrogens is 4. The standard InChI is InChI=1S/C27H31F2N7O3/c1-17(25(37)33-23-14-31-24(15-30-23)39-22-5-4-19(28)13-21(22)29)34-10-11-35(27(2,3)16-34)26(38)18-7-9-36-20(12-18)6-8-32-36/h4-6,8,13-15,17-18H,7,9-12,16H2,1-3H3,(H,30,33,37). The van der Waals surface area contributed by atoms with Crippen molar-refractivity contribution in [1.29, 1.82) is 0 Å². The summed E-state index contributed by atoms with van der Waals surface area (Å²) in [4.78, 5) is 38.6. The van der Waals surface area contributed by atoms with Crippen LogP contribution in [0.25, 0.3) is 0 Å². The minimum atomic E-state index is -0.862. The van der Waals surface area contributed by atoms with Gasteiger partial charge in [-0.2, -0.15) is 5.10 Å². The Bertz CT molecular complexity index is 1360. The summed E-state index contributed by atoms with van der Waals surface area (Å²) in [5.74, 6) is -1.73. The second-order valence-corrected chi connectivity index (χ2v) is 10.6. The predicted octanol–water partition coefficient (Wildman–Crippen LogP) is 3.26. The predicted molar refractivity (Wildman–Crippen MR) is 138 cm³/mol. The van der Waals surface area contributed by atoms with Gasteiger partial charge < -0.3 is 15.0 Å². The lowest BCUT2D eigenvalue weighted by molar-refractivity contribution is -0.147. The summed E-state index contributed by atoms with van der Waals surface area (Å²) in [7, 11) is 0. The molecule has 0 bridgehead atoms. The molecule has 1 N–H and O–H groups in total. The van der Waals surface area contributed by atoms with Crippen LogP contribution in [0.5, 0.6) is 11.6 Å². The van der Waals surface area contributed by atoms with Gasteiger partial charge in [-0.1, -0.05) is 0 Å². The van der Waals surface area contributed by atoms with E-state index in [1.165, 1.54) is 12.4 Å². The minimum absolute atomic E-state index is 0.00323. The Hall–Kier alpha value is -3.93. The fourth-order valence-corrected chi connectivity index (χ4v) is 5.23. The lowest BCUT2D eigenvalue weighted by Crippen LogP contribution is -2.64. The second-order valence-electron chi connectivity index (χ2n) is 10.6. The smallest absolute Gasteiger partial charge is 0.242 e. The zero-order valence-corrected chi connectivity index (χ0v) is 22.1. The third-order valence-corrected chi connectivity index (χ3v) is 7.41. The van der Waals surface area contributed by atoms with Crippen molar-refractivity contribution in [2.24, 2.45) is 5.92 Å². The van der Waals surface area contributed by atoms with Crippen molar-refractivity contribution in [3.05, 3.63) is 60.2 Å². The van der Waals surface area contributed by atoms with Crippen molar-refractivity contribution in [1.82, 2.24) is 29.5 Å². The summed E-state index contributed by atoms with van der Waals surface area (Å²) >= 11 is 0. The average Bonchev–Trinajstić information content (AvgIpc) is 3.38. The van der Waals surface area contributed by atoms with Gasteiger partial charge >= 0.3 is 0 Å². The van der Waals surface area contributed by atoms with Gasteiger partial charge in [0.2, 0.25) is 17.7 Å². The number of aryl methyl sites for hydroxylation is 1. The fourth-order valence-electron chi connectivity index (χ4n) is 5.23. The molecule has 1 aromatic carbocycles. The van der Waals surface area contributed by atoms with E-state index in [-0.39, 0.29) is 35.2 Å². The van der Waals surface area contributed by atoms with Crippen molar-refractivity contribution in [2.75, 3.05) is 25.0 Å². The maximum Gasteiger partial charge on any atom is 0.242 e. The first-order valence-corrected chi connectivity index (χ1v) is 12.9. The molecular weight excluding hydrogens is 508 g/mol. The average molecular weight is 540 g/mol. The van der Waals surface area contributed by atoms with Crippen LogP contribution < -0.4 is 10.1 Å². The molecule has 1 fully saturated rings. The molecule has 12 heteroatoms. The molecule has 10 nitrogen and oxygen atoms in total. The molecule has 4 heterocycles. The first-order valence-electron chi connectivity index (χ1n) is 12.9. The molecule has 2 unspecified atom stereocenters. The molecule has 0 radical (unpaired) electrons. The summed E-state index contributed by atoms with van der Waals surface area (Å²) in [5.41, 5.74) is 0.641. The van der Waals surface area contributed by atoms with Gasteiger partial charge in [0.25, 0.3) is 0 Å². The lowest BCUT2D eigenvalue weighted by atomic mass is 9.90. The maximum atomic E-state index is 13.8. The van der Waals surface area contributed by atoms with Crippen molar-refractivity contribution in [3.63, 3.8) is 0 Å². The number of rotatable bonds is 6. The van der Waals surface area contributed by atoms with Crippen LogP contribution in [0.4, 0.5) is 14.6 Å². The highest BCUT2D eigenvalue weighted by atomic mass is 19.1. The number of nitrogens with zero attached hydrogens (tertiary/aromatic N) is 6. The van der Waals surface area contributed by atoms with Crippen molar-refractivity contribution in [3.8, 4) is 11.6 Å². The number of piperazine rings is 1. The van der Waals surface area contributed by atoms with Crippen LogP contribution in [-0.2, 0) is 22.6 Å². The van der Waals surface area contributed by atoms with Crippen molar-refractivity contribution >= 4 is 17.6 Å². The van der Waals surface area contributed by atoms with Gasteiger partial charge in [0.05, 0.1) is 24.0 Å². The van der Waals surface area contributed by atoms with E-state index in [2.05, 4.69) is 25.3 Å². The van der Waals surface area contributed by atoms with E-state index in [0.717, 1.165) is 30.8 Å². The van der Waals surface area contributed by atoms with Crippen molar-refractivity contribution < 1.29 is 23.1 Å². The number of carbonyl (C=O) groups is 2. The molecule has 2 aromatic heterocycles. The minimum Gasteiger partial charge on any atom is -0.434 e. The number of amides is 2. The van der Waals surface area contributed by atoms with Crippen LogP contribution in [0.3, 0.4) is 0 Å². The molecule has 2 aliphatic rings. The number of fused-ring (bicyclic) bond motifs is 1. The van der Waals surface area contributed by atoms with Crippen LogP contribution in [0, 0.1) is 17.6 Å². The zero-order valence-electron chi connectivity index (χ0n) is 22.1. The highest BCUT2D eigenvalue weighted by molar-refractivity contribution is 5.93. The first-order chi connectivity index (χ1) is 18.6. The third-order valence-electron chi connectivity index (χ3n) is 7.41. The Morgan fingerprint density at radius 1 is 1.13 bits per heavy atom. The molecule has 2 atom stereocenters. The van der Waals surface area contributed by atoms with Crippen LogP contribution in [0.1, 0.15) is 32.9 Å². The van der Waals surface area contributed by atoms with E-state index >= 15 is 0 Å². The number of anilines is 1. The monoisotopic (exact) mass is 539 g/mol. The van der Waals surface area contributed by atoms with Gasteiger partial charge in [-0.05, 0) is 45.4 Å². The normalized spacial score (nSPS) is 19.7. The highest BCUT2D eigenvalue weighted by Gasteiger charge is 2.42. The molecule has 0 spiro atoms. The van der Waals surface area contributed by atoms with Crippen LogP contribution in [0.2, 0.25) is 0 Å². The Kier molecular flexibility index (Phi) is 7.30. The van der Waals surface area contributed by atoms with Gasteiger partial charge in [0.1, 0.15) is 5.82 Å². The SMILES string of the molecule is CC(C(=O)Nc1cnc(Oc2ccc(F)cc2F)cn1)N1CCN(C(=O)C2CCn3nccc3C2)C(C)(C)C1.